The van der Waals surface area contributed by atoms with Crippen molar-refractivity contribution < 1.29 is 9.18 Å². The minimum atomic E-state index is -0.836. The first-order valence-corrected chi connectivity index (χ1v) is 7.78. The van der Waals surface area contributed by atoms with E-state index in [-0.39, 0.29) is 11.9 Å². The number of thiazole rings is 1. The maximum atomic E-state index is 13.7. The van der Waals surface area contributed by atoms with Gasteiger partial charge in [-0.25, -0.2) is 9.37 Å². The predicted octanol–water partition coefficient (Wildman–Crippen LogP) is 1.81. The fraction of sp³-hybridized carbons (Fsp3) is 0.429. The molecule has 1 aliphatic rings. The van der Waals surface area contributed by atoms with Crippen molar-refractivity contribution in [1.82, 2.24) is 20.2 Å². The summed E-state index contributed by atoms with van der Waals surface area (Å²) in [6.07, 6.45) is 3.08. The van der Waals surface area contributed by atoms with Gasteiger partial charge in [-0.3, -0.25) is 9.69 Å². The Labute approximate surface area is 126 Å². The van der Waals surface area contributed by atoms with Crippen molar-refractivity contribution in [3.63, 3.8) is 0 Å². The fourth-order valence-corrected chi connectivity index (χ4v) is 3.25. The third-order valence-corrected chi connectivity index (χ3v) is 4.40. The average molecular weight is 308 g/mol. The monoisotopic (exact) mass is 308 g/mol. The molecule has 0 saturated carbocycles. The molecule has 2 aromatic heterocycles. The topological polar surface area (TPSA) is 61.0 Å². The summed E-state index contributed by atoms with van der Waals surface area (Å²) in [5, 5.41) is 5.76. The Morgan fingerprint density at radius 2 is 2.52 bits per heavy atom. The number of nitrogens with one attached hydrogen (secondary N) is 2. The van der Waals surface area contributed by atoms with Crippen LogP contribution < -0.4 is 5.32 Å². The summed E-state index contributed by atoms with van der Waals surface area (Å²) < 4.78 is 13.7. The number of likely N-dealkylation sites (tertiary alicyclic amines) is 1. The summed E-state index contributed by atoms with van der Waals surface area (Å²) >= 11 is 1.57. The van der Waals surface area contributed by atoms with E-state index >= 15 is 0 Å². The lowest BCUT2D eigenvalue weighted by molar-refractivity contribution is 0.0935. The van der Waals surface area contributed by atoms with Crippen LogP contribution in [0.4, 0.5) is 4.39 Å². The molecule has 0 bridgehead atoms. The molecule has 2 aromatic rings. The maximum Gasteiger partial charge on any atom is 0.267 e. The molecule has 2 atom stereocenters. The van der Waals surface area contributed by atoms with E-state index in [0.29, 0.717) is 31.7 Å². The van der Waals surface area contributed by atoms with Crippen LogP contribution in [-0.2, 0) is 6.54 Å². The first-order valence-electron chi connectivity index (χ1n) is 6.90. The van der Waals surface area contributed by atoms with Gasteiger partial charge in [0.05, 0.1) is 6.54 Å². The Morgan fingerprint density at radius 3 is 3.24 bits per heavy atom. The van der Waals surface area contributed by atoms with Crippen molar-refractivity contribution >= 4 is 17.2 Å². The zero-order valence-corrected chi connectivity index (χ0v) is 12.3. The Hall–Kier alpha value is -1.73. The number of rotatable bonds is 5. The number of aromatic nitrogens is 2. The normalized spacial score (nSPS) is 22.5. The van der Waals surface area contributed by atoms with Crippen molar-refractivity contribution in [2.45, 2.75) is 25.2 Å². The van der Waals surface area contributed by atoms with Crippen molar-refractivity contribution in [3.05, 3.63) is 40.6 Å². The van der Waals surface area contributed by atoms with Crippen LogP contribution >= 0.6 is 11.3 Å². The molecule has 0 aromatic carbocycles. The molecule has 1 saturated heterocycles. The lowest BCUT2D eigenvalue weighted by atomic mass is 10.2. The first-order chi connectivity index (χ1) is 10.2. The number of carbonyl (C=O) groups excluding carboxylic acids is 1. The molecule has 0 aliphatic carbocycles. The number of hydrogen-bond donors (Lipinski definition) is 2. The minimum absolute atomic E-state index is 0.0165. The third kappa shape index (κ3) is 3.48. The molecular formula is C14H17FN4OS. The summed E-state index contributed by atoms with van der Waals surface area (Å²) in [5.41, 5.74) is 0.524. The van der Waals surface area contributed by atoms with Crippen LogP contribution in [0.2, 0.25) is 0 Å². The smallest absolute Gasteiger partial charge is 0.267 e. The van der Waals surface area contributed by atoms with Crippen LogP contribution in [0.15, 0.2) is 29.9 Å². The quantitative estimate of drug-likeness (QED) is 0.885. The van der Waals surface area contributed by atoms with E-state index in [2.05, 4.69) is 20.2 Å². The molecule has 3 heterocycles. The number of halogens is 1. The minimum Gasteiger partial charge on any atom is -0.357 e. The number of hydrogen-bond acceptors (Lipinski definition) is 4. The molecule has 21 heavy (non-hydrogen) atoms. The highest BCUT2D eigenvalue weighted by atomic mass is 32.1. The van der Waals surface area contributed by atoms with Gasteiger partial charge < -0.3 is 10.3 Å². The molecule has 0 spiro atoms. The lowest BCUT2D eigenvalue weighted by Gasteiger charge is -2.23. The van der Waals surface area contributed by atoms with Gasteiger partial charge in [-0.05, 0) is 18.6 Å². The summed E-state index contributed by atoms with van der Waals surface area (Å²) in [5.74, 6) is -0.156. The Bertz CT molecular complexity index is 572. The number of nitrogens with zero attached hydrogens (tertiary/aromatic N) is 2. The molecule has 1 aliphatic heterocycles. The third-order valence-electron chi connectivity index (χ3n) is 3.64. The molecule has 0 unspecified atom stereocenters. The van der Waals surface area contributed by atoms with Gasteiger partial charge in [0.15, 0.2) is 0 Å². The van der Waals surface area contributed by atoms with Gasteiger partial charge in [-0.15, -0.1) is 11.3 Å². The summed E-state index contributed by atoms with van der Waals surface area (Å²) in [7, 11) is 0. The van der Waals surface area contributed by atoms with E-state index in [0.717, 1.165) is 5.01 Å². The molecule has 1 fully saturated rings. The molecule has 1 amide bonds. The van der Waals surface area contributed by atoms with Crippen molar-refractivity contribution in [3.8, 4) is 0 Å². The Kier molecular flexibility index (Phi) is 4.31. The number of aromatic amines is 1. The fourth-order valence-electron chi connectivity index (χ4n) is 2.61. The largest absolute Gasteiger partial charge is 0.357 e. The molecule has 2 N–H and O–H groups in total. The second-order valence-electron chi connectivity index (χ2n) is 5.14. The van der Waals surface area contributed by atoms with Crippen LogP contribution in [0.1, 0.15) is 21.9 Å². The van der Waals surface area contributed by atoms with Crippen LogP contribution in [0.5, 0.6) is 0 Å². The van der Waals surface area contributed by atoms with Gasteiger partial charge in [-0.2, -0.15) is 0 Å². The van der Waals surface area contributed by atoms with Gasteiger partial charge >= 0.3 is 0 Å². The van der Waals surface area contributed by atoms with Crippen LogP contribution in [-0.4, -0.2) is 46.1 Å². The van der Waals surface area contributed by atoms with Crippen molar-refractivity contribution in [2.24, 2.45) is 0 Å². The van der Waals surface area contributed by atoms with Gasteiger partial charge in [0.1, 0.15) is 16.9 Å². The SMILES string of the molecule is O=C(NC[C@@H]1C[C@H](F)CN1Cc1nccs1)c1ccc[nH]1. The van der Waals surface area contributed by atoms with Crippen molar-refractivity contribution in [2.75, 3.05) is 13.1 Å². The van der Waals surface area contributed by atoms with Crippen molar-refractivity contribution in [1.29, 1.82) is 0 Å². The van der Waals surface area contributed by atoms with Gasteiger partial charge in [0.2, 0.25) is 0 Å². The molecule has 7 heteroatoms. The highest BCUT2D eigenvalue weighted by Crippen LogP contribution is 2.23. The van der Waals surface area contributed by atoms with Crippen LogP contribution in [0.3, 0.4) is 0 Å². The summed E-state index contributed by atoms with van der Waals surface area (Å²) in [6, 6.07) is 3.51. The Balaban J connectivity index is 1.56. The average Bonchev–Trinajstić information content (AvgIpc) is 3.18. The molecule has 5 nitrogen and oxygen atoms in total. The zero-order valence-electron chi connectivity index (χ0n) is 11.5. The summed E-state index contributed by atoms with van der Waals surface area (Å²) in [6.45, 7) is 1.49. The van der Waals surface area contributed by atoms with Gasteiger partial charge in [-0.1, -0.05) is 0 Å². The van der Waals surface area contributed by atoms with E-state index < -0.39 is 6.17 Å². The van der Waals surface area contributed by atoms with E-state index in [9.17, 15) is 9.18 Å². The van der Waals surface area contributed by atoms with E-state index in [1.165, 1.54) is 0 Å². The molecular weight excluding hydrogens is 291 g/mol. The zero-order chi connectivity index (χ0) is 14.7. The number of H-pyrrole nitrogens is 1. The first kappa shape index (κ1) is 14.2. The molecule has 112 valence electrons. The highest BCUT2D eigenvalue weighted by molar-refractivity contribution is 7.09. The molecule has 3 rings (SSSR count). The summed E-state index contributed by atoms with van der Waals surface area (Å²) in [4.78, 5) is 21.1. The number of alkyl halides is 1. The highest BCUT2D eigenvalue weighted by Gasteiger charge is 2.32. The van der Waals surface area contributed by atoms with Gasteiger partial charge in [0.25, 0.3) is 5.91 Å². The number of amides is 1. The van der Waals surface area contributed by atoms with E-state index in [4.69, 9.17) is 0 Å². The van der Waals surface area contributed by atoms with E-state index in [1.807, 2.05) is 5.38 Å². The second kappa shape index (κ2) is 6.36. The van der Waals surface area contributed by atoms with E-state index in [1.54, 1.807) is 35.9 Å². The number of carbonyl (C=O) groups is 1. The van der Waals surface area contributed by atoms with Gasteiger partial charge in [0, 0.05) is 36.9 Å². The van der Waals surface area contributed by atoms with Crippen LogP contribution in [0.25, 0.3) is 0 Å². The maximum absolute atomic E-state index is 13.7. The van der Waals surface area contributed by atoms with Crippen LogP contribution in [0, 0.1) is 0 Å². The second-order valence-corrected chi connectivity index (χ2v) is 6.12. The lowest BCUT2D eigenvalue weighted by Crippen LogP contribution is -2.39. The molecule has 0 radical (unpaired) electrons. The standard InChI is InChI=1S/C14H17FN4OS/c15-10-6-11(7-18-14(20)12-2-1-3-16-12)19(8-10)9-13-17-4-5-21-13/h1-5,10-11,16H,6-9H2,(H,18,20)/t10-,11-/m0/s1. The predicted molar refractivity (Wildman–Crippen MR) is 79.0 cm³/mol. The Morgan fingerprint density at radius 1 is 1.62 bits per heavy atom.